The van der Waals surface area contributed by atoms with Crippen LogP contribution in [0.1, 0.15) is 24.3 Å². The van der Waals surface area contributed by atoms with Gasteiger partial charge in [-0.2, -0.15) is 0 Å². The molecule has 0 spiro atoms. The van der Waals surface area contributed by atoms with E-state index in [9.17, 15) is 4.79 Å². The topological polar surface area (TPSA) is 88.9 Å². The molecule has 170 valence electrons. The Morgan fingerprint density at radius 3 is 2.48 bits per heavy atom. The zero-order chi connectivity index (χ0) is 23.5. The lowest BCUT2D eigenvalue weighted by Gasteiger charge is -2.38. The van der Waals surface area contributed by atoms with Crippen LogP contribution in [0.15, 0.2) is 70.4 Å². The van der Waals surface area contributed by atoms with Crippen LogP contribution in [0.25, 0.3) is 0 Å². The van der Waals surface area contributed by atoms with Crippen molar-refractivity contribution in [2.45, 2.75) is 19.9 Å². The molecule has 0 fully saturated rings. The van der Waals surface area contributed by atoms with Gasteiger partial charge in [-0.05, 0) is 56.4 Å². The third-order valence-corrected chi connectivity index (χ3v) is 5.68. The van der Waals surface area contributed by atoms with Gasteiger partial charge in [-0.1, -0.05) is 23.4 Å². The first-order chi connectivity index (χ1) is 15.9. The number of allylic oxidation sites excluding steroid dienone is 1. The van der Waals surface area contributed by atoms with Crippen molar-refractivity contribution in [3.8, 4) is 11.5 Å². The van der Waals surface area contributed by atoms with Crippen LogP contribution in [0.4, 0.5) is 11.5 Å². The Balaban J connectivity index is 1.82. The molecule has 1 amide bonds. The molecule has 0 aliphatic carbocycles. The quantitative estimate of drug-likeness (QED) is 0.521. The molecule has 9 heteroatoms. The molecule has 2 N–H and O–H groups in total. The number of nitrogens with zero attached hydrogens (tertiary/aromatic N) is 2. The van der Waals surface area contributed by atoms with Crippen molar-refractivity contribution >= 4 is 34.7 Å². The third-order valence-electron chi connectivity index (χ3n) is 5.38. The second kappa shape index (κ2) is 9.33. The molecule has 0 saturated heterocycles. The van der Waals surface area contributed by atoms with Crippen molar-refractivity contribution in [1.82, 2.24) is 10.5 Å². The normalized spacial score (nSPS) is 15.8. The number of hydrogen-bond donors (Lipinski definition) is 2. The van der Waals surface area contributed by atoms with E-state index < -0.39 is 6.04 Å². The van der Waals surface area contributed by atoms with E-state index >= 15 is 0 Å². The van der Waals surface area contributed by atoms with Gasteiger partial charge >= 0.3 is 0 Å². The number of aryl methyl sites for hydroxylation is 1. The van der Waals surface area contributed by atoms with Gasteiger partial charge in [-0.25, -0.2) is 0 Å². The number of rotatable bonds is 6. The van der Waals surface area contributed by atoms with Crippen molar-refractivity contribution in [2.24, 2.45) is 0 Å². The Kier molecular flexibility index (Phi) is 6.32. The smallest absolute Gasteiger partial charge is 0.257 e. The summed E-state index contributed by atoms with van der Waals surface area (Å²) in [5.41, 5.74) is 2.74. The first kappa shape index (κ1) is 22.3. The number of benzene rings is 2. The summed E-state index contributed by atoms with van der Waals surface area (Å²) >= 11 is 5.73. The number of methoxy groups -OCH3 is 2. The highest BCUT2D eigenvalue weighted by Crippen LogP contribution is 2.37. The van der Waals surface area contributed by atoms with Gasteiger partial charge in [0.15, 0.2) is 10.9 Å². The fraction of sp³-hybridized carbons (Fsp3) is 0.208. The largest absolute Gasteiger partial charge is 0.497 e. The van der Waals surface area contributed by atoms with Crippen molar-refractivity contribution < 1.29 is 18.8 Å². The van der Waals surface area contributed by atoms with Gasteiger partial charge in [0.05, 0.1) is 25.8 Å². The number of nitrogens with one attached hydrogen (secondary N) is 2. The maximum atomic E-state index is 13.5. The summed E-state index contributed by atoms with van der Waals surface area (Å²) in [6.07, 6.45) is 0. The number of hydrogen-bond acceptors (Lipinski definition) is 6. The Morgan fingerprint density at radius 1 is 1.12 bits per heavy atom. The molecule has 0 saturated carbocycles. The minimum Gasteiger partial charge on any atom is -0.497 e. The molecular weight excluding hydrogens is 440 g/mol. The molecule has 0 unspecified atom stereocenters. The van der Waals surface area contributed by atoms with Crippen LogP contribution in [0, 0.1) is 6.92 Å². The van der Waals surface area contributed by atoms with Crippen molar-refractivity contribution in [3.63, 3.8) is 0 Å². The van der Waals surface area contributed by atoms with Gasteiger partial charge in [-0.3, -0.25) is 9.69 Å². The van der Waals surface area contributed by atoms with E-state index in [1.54, 1.807) is 27.2 Å². The molecule has 33 heavy (non-hydrogen) atoms. The highest BCUT2D eigenvalue weighted by Gasteiger charge is 2.36. The molecule has 8 nitrogen and oxygen atoms in total. The Bertz CT molecular complexity index is 1220. The zero-order valence-corrected chi connectivity index (χ0v) is 19.5. The van der Waals surface area contributed by atoms with Crippen LogP contribution in [0.5, 0.6) is 11.5 Å². The summed E-state index contributed by atoms with van der Waals surface area (Å²) in [6, 6.07) is 16.1. The summed E-state index contributed by atoms with van der Waals surface area (Å²) < 4.78 is 15.9. The zero-order valence-electron chi connectivity index (χ0n) is 18.7. The van der Waals surface area contributed by atoms with Crippen molar-refractivity contribution in [3.05, 3.63) is 77.2 Å². The van der Waals surface area contributed by atoms with E-state index in [1.807, 2.05) is 60.4 Å². The van der Waals surface area contributed by atoms with E-state index in [0.29, 0.717) is 33.7 Å². The molecule has 0 radical (unpaired) electrons. The first-order valence-corrected chi connectivity index (χ1v) is 10.7. The summed E-state index contributed by atoms with van der Waals surface area (Å²) in [4.78, 5) is 15.4. The number of carbonyl (C=O) groups is 1. The van der Waals surface area contributed by atoms with Crippen molar-refractivity contribution in [2.75, 3.05) is 24.4 Å². The standard InChI is InChI=1S/C24H24N4O4S/c1-14-13-20(27-32-14)25-23(29)21-15(2)28(16-9-11-17(30-3)12-10-16)24(33)26-22(21)18-7-5-6-8-19(18)31-4/h5-13,22H,1-4H3,(H,26,33)(H,25,27,29)/t22-/m1/s1. The Hall–Kier alpha value is -3.85. The van der Waals surface area contributed by atoms with E-state index in [1.165, 1.54) is 0 Å². The van der Waals surface area contributed by atoms with Crippen LogP contribution < -0.4 is 25.0 Å². The van der Waals surface area contributed by atoms with Gasteiger partial charge in [-0.15, -0.1) is 0 Å². The maximum Gasteiger partial charge on any atom is 0.257 e. The minimum absolute atomic E-state index is 0.329. The number of aromatic nitrogens is 1. The molecule has 2 heterocycles. The fourth-order valence-corrected chi connectivity index (χ4v) is 4.19. The minimum atomic E-state index is -0.531. The molecule has 3 aromatic rings. The van der Waals surface area contributed by atoms with Crippen LogP contribution in [-0.2, 0) is 4.79 Å². The second-order valence-corrected chi connectivity index (χ2v) is 7.82. The lowest BCUT2D eigenvalue weighted by molar-refractivity contribution is -0.113. The highest BCUT2D eigenvalue weighted by molar-refractivity contribution is 7.80. The average Bonchev–Trinajstić information content (AvgIpc) is 3.23. The Morgan fingerprint density at radius 2 is 1.85 bits per heavy atom. The summed E-state index contributed by atoms with van der Waals surface area (Å²) in [5, 5.41) is 10.5. The predicted molar refractivity (Wildman–Crippen MR) is 130 cm³/mol. The molecular formula is C24H24N4O4S. The number of anilines is 2. The Labute approximate surface area is 197 Å². The van der Waals surface area contributed by atoms with E-state index in [4.69, 9.17) is 26.2 Å². The van der Waals surface area contributed by atoms with Gasteiger partial charge in [0.2, 0.25) is 0 Å². The number of ether oxygens (including phenoxy) is 2. The second-order valence-electron chi connectivity index (χ2n) is 7.43. The molecule has 1 aliphatic heterocycles. The highest BCUT2D eigenvalue weighted by atomic mass is 32.1. The van der Waals surface area contributed by atoms with Crippen molar-refractivity contribution in [1.29, 1.82) is 0 Å². The lowest BCUT2D eigenvalue weighted by Crippen LogP contribution is -2.48. The van der Waals surface area contributed by atoms with Crippen LogP contribution in [-0.4, -0.2) is 30.4 Å². The number of carbonyl (C=O) groups excluding carboxylic acids is 1. The number of para-hydroxylation sites is 1. The molecule has 0 bridgehead atoms. The average molecular weight is 465 g/mol. The SMILES string of the molecule is COc1ccc(N2C(=S)N[C@H](c3ccccc3OC)C(C(=O)Nc3cc(C)on3)=C2C)cc1. The first-order valence-electron chi connectivity index (χ1n) is 10.3. The summed E-state index contributed by atoms with van der Waals surface area (Å²) in [5.74, 6) is 1.97. The van der Waals surface area contributed by atoms with Gasteiger partial charge < -0.3 is 24.6 Å². The molecule has 2 aromatic carbocycles. The van der Waals surface area contributed by atoms with Crippen LogP contribution in [0.3, 0.4) is 0 Å². The molecule has 1 aliphatic rings. The molecule has 1 aromatic heterocycles. The van der Waals surface area contributed by atoms with E-state index in [0.717, 1.165) is 17.0 Å². The third kappa shape index (κ3) is 4.40. The van der Waals surface area contributed by atoms with Crippen LogP contribution in [0.2, 0.25) is 0 Å². The molecule has 1 atom stereocenters. The maximum absolute atomic E-state index is 13.5. The number of amides is 1. The van der Waals surface area contributed by atoms with Gasteiger partial charge in [0.1, 0.15) is 17.3 Å². The monoisotopic (exact) mass is 464 g/mol. The molecule has 4 rings (SSSR count). The van der Waals surface area contributed by atoms with Gasteiger partial charge in [0, 0.05) is 23.0 Å². The van der Waals surface area contributed by atoms with E-state index in [-0.39, 0.29) is 5.91 Å². The number of thiocarbonyl (C=S) groups is 1. The predicted octanol–water partition coefficient (Wildman–Crippen LogP) is 4.35. The fourth-order valence-electron chi connectivity index (χ4n) is 3.83. The van der Waals surface area contributed by atoms with Crippen LogP contribution >= 0.6 is 12.2 Å². The summed E-state index contributed by atoms with van der Waals surface area (Å²) in [7, 11) is 3.21. The summed E-state index contributed by atoms with van der Waals surface area (Å²) in [6.45, 7) is 3.62. The lowest BCUT2D eigenvalue weighted by atomic mass is 9.93. The van der Waals surface area contributed by atoms with E-state index in [2.05, 4.69) is 15.8 Å². The van der Waals surface area contributed by atoms with Gasteiger partial charge in [0.25, 0.3) is 5.91 Å².